The summed E-state index contributed by atoms with van der Waals surface area (Å²) in [7, 11) is -3.52. The summed E-state index contributed by atoms with van der Waals surface area (Å²) in [5.74, 6) is 0. The van der Waals surface area contributed by atoms with Gasteiger partial charge in [-0.05, 0) is 0 Å². The van der Waals surface area contributed by atoms with E-state index in [1.165, 1.54) is 0 Å². The molecule has 0 saturated carbocycles. The zero-order valence-corrected chi connectivity index (χ0v) is 9.65. The van der Waals surface area contributed by atoms with E-state index >= 15 is 0 Å². The fraction of sp³-hybridized carbons (Fsp3) is 0.125. The van der Waals surface area contributed by atoms with E-state index in [-0.39, 0.29) is 20.0 Å². The second kappa shape index (κ2) is 3.40. The molecular weight excluding hydrogens is 250 g/mol. The van der Waals surface area contributed by atoms with Gasteiger partial charge in [0.2, 0.25) is 0 Å². The van der Waals surface area contributed by atoms with Crippen molar-refractivity contribution in [2.24, 2.45) is 0 Å². The lowest BCUT2D eigenvalue weighted by Gasteiger charge is -1.91. The third kappa shape index (κ3) is 1.50. The van der Waals surface area contributed by atoms with Gasteiger partial charge in [-0.15, -0.1) is 11.3 Å². The topological polar surface area (TPSA) is 104 Å². The van der Waals surface area contributed by atoms with Crippen LogP contribution in [-0.2, 0) is 9.84 Å². The lowest BCUT2D eigenvalue weighted by Crippen LogP contribution is -2.03. The molecule has 0 radical (unpaired) electrons. The highest BCUT2D eigenvalue weighted by Gasteiger charge is 2.22. The van der Waals surface area contributed by atoms with Gasteiger partial charge in [0, 0.05) is 6.26 Å². The standard InChI is InChI=1S/C8H5N3O3S2/c1-16(13,14)8-4(2-9)5-6(15-8)7(12)11-3-10-5/h3H,1H3,(H,10,11,12). The Morgan fingerprint density at radius 3 is 2.81 bits per heavy atom. The van der Waals surface area contributed by atoms with E-state index in [4.69, 9.17) is 5.26 Å². The molecule has 0 aliphatic rings. The highest BCUT2D eigenvalue weighted by molar-refractivity contribution is 7.93. The van der Waals surface area contributed by atoms with Crippen LogP contribution < -0.4 is 5.56 Å². The highest BCUT2D eigenvalue weighted by atomic mass is 32.2. The summed E-state index contributed by atoms with van der Waals surface area (Å²) in [5, 5.41) is 8.90. The number of rotatable bonds is 1. The molecule has 0 spiro atoms. The van der Waals surface area contributed by atoms with E-state index in [0.29, 0.717) is 0 Å². The molecule has 0 aliphatic heterocycles. The molecule has 6 nitrogen and oxygen atoms in total. The summed E-state index contributed by atoms with van der Waals surface area (Å²) in [4.78, 5) is 17.5. The zero-order valence-electron chi connectivity index (χ0n) is 8.01. The Bertz CT molecular complexity index is 764. The van der Waals surface area contributed by atoms with Crippen molar-refractivity contribution in [2.45, 2.75) is 4.21 Å². The Hall–Kier alpha value is -1.72. The van der Waals surface area contributed by atoms with Crippen LogP contribution in [0.5, 0.6) is 0 Å². The van der Waals surface area contributed by atoms with Crippen molar-refractivity contribution >= 4 is 31.4 Å². The van der Waals surface area contributed by atoms with Crippen LogP contribution in [0, 0.1) is 11.3 Å². The molecule has 0 fully saturated rings. The van der Waals surface area contributed by atoms with E-state index in [1.807, 2.05) is 0 Å². The molecule has 0 aliphatic carbocycles. The SMILES string of the molecule is CS(=O)(=O)c1sc2c(=O)[nH]cnc2c1C#N. The number of nitrogens with zero attached hydrogens (tertiary/aromatic N) is 2. The molecule has 8 heteroatoms. The van der Waals surface area contributed by atoms with Gasteiger partial charge in [-0.1, -0.05) is 0 Å². The minimum absolute atomic E-state index is 0.0615. The average Bonchev–Trinajstić information content (AvgIpc) is 2.57. The van der Waals surface area contributed by atoms with Crippen molar-refractivity contribution < 1.29 is 8.42 Å². The van der Waals surface area contributed by atoms with Crippen molar-refractivity contribution in [3.63, 3.8) is 0 Å². The van der Waals surface area contributed by atoms with Crippen LogP contribution in [0.25, 0.3) is 10.2 Å². The summed E-state index contributed by atoms with van der Waals surface area (Å²) in [5.41, 5.74) is -0.369. The fourth-order valence-corrected chi connectivity index (χ4v) is 3.46. The summed E-state index contributed by atoms with van der Waals surface area (Å²) in [6.07, 6.45) is 2.14. The summed E-state index contributed by atoms with van der Waals surface area (Å²) >= 11 is 0.765. The van der Waals surface area contributed by atoms with E-state index in [0.717, 1.165) is 23.9 Å². The van der Waals surface area contributed by atoms with Crippen LogP contribution in [0.2, 0.25) is 0 Å². The van der Waals surface area contributed by atoms with E-state index in [9.17, 15) is 13.2 Å². The van der Waals surface area contributed by atoms with Gasteiger partial charge in [0.05, 0.1) is 6.33 Å². The first-order valence-corrected chi connectivity index (χ1v) is 6.76. The third-order valence-electron chi connectivity index (χ3n) is 1.89. The van der Waals surface area contributed by atoms with Gasteiger partial charge in [0.1, 0.15) is 26.1 Å². The number of nitrogens with one attached hydrogen (secondary N) is 1. The summed E-state index contributed by atoms with van der Waals surface area (Å²) < 4.78 is 22.9. The van der Waals surface area contributed by atoms with Crippen molar-refractivity contribution in [1.82, 2.24) is 9.97 Å². The normalized spacial score (nSPS) is 11.5. The van der Waals surface area contributed by atoms with Gasteiger partial charge >= 0.3 is 0 Å². The van der Waals surface area contributed by atoms with Gasteiger partial charge in [0.15, 0.2) is 9.84 Å². The van der Waals surface area contributed by atoms with Gasteiger partial charge < -0.3 is 4.98 Å². The van der Waals surface area contributed by atoms with Gasteiger partial charge in [-0.25, -0.2) is 13.4 Å². The first-order valence-electron chi connectivity index (χ1n) is 4.05. The predicted molar refractivity (Wildman–Crippen MR) is 58.1 cm³/mol. The van der Waals surface area contributed by atoms with E-state index in [2.05, 4.69) is 9.97 Å². The molecule has 0 aromatic carbocycles. The molecule has 2 rings (SSSR count). The maximum Gasteiger partial charge on any atom is 0.268 e. The number of H-pyrrole nitrogens is 1. The van der Waals surface area contributed by atoms with Crippen molar-refractivity contribution in [3.8, 4) is 6.07 Å². The van der Waals surface area contributed by atoms with E-state index in [1.54, 1.807) is 6.07 Å². The maximum absolute atomic E-state index is 11.4. The quantitative estimate of drug-likeness (QED) is 0.787. The maximum atomic E-state index is 11.4. The molecule has 0 saturated heterocycles. The number of hydrogen-bond donors (Lipinski definition) is 1. The first-order chi connectivity index (χ1) is 7.45. The molecule has 0 amide bonds. The summed E-state index contributed by atoms with van der Waals surface area (Å²) in [6, 6.07) is 1.77. The number of thiophene rings is 1. The first kappa shape index (κ1) is 10.8. The molecular formula is C8H5N3O3S2. The van der Waals surface area contributed by atoms with Crippen molar-refractivity contribution in [3.05, 3.63) is 22.2 Å². The highest BCUT2D eigenvalue weighted by Crippen LogP contribution is 2.30. The Balaban J connectivity index is 3.06. The summed E-state index contributed by atoms with van der Waals surface area (Å²) in [6.45, 7) is 0. The molecule has 2 aromatic heterocycles. The third-order valence-corrected chi connectivity index (χ3v) is 4.90. The number of hydrogen-bond acceptors (Lipinski definition) is 6. The average molecular weight is 255 g/mol. The number of nitriles is 1. The predicted octanol–water partition coefficient (Wildman–Crippen LogP) is 0.260. The fourth-order valence-electron chi connectivity index (χ4n) is 1.26. The molecule has 0 atom stereocenters. The smallest absolute Gasteiger partial charge is 0.268 e. The van der Waals surface area contributed by atoms with Crippen LogP contribution in [0.3, 0.4) is 0 Å². The van der Waals surface area contributed by atoms with Crippen molar-refractivity contribution in [1.29, 1.82) is 5.26 Å². The molecule has 82 valence electrons. The van der Waals surface area contributed by atoms with Crippen LogP contribution in [0.4, 0.5) is 0 Å². The van der Waals surface area contributed by atoms with Gasteiger partial charge in [-0.3, -0.25) is 4.79 Å². The molecule has 1 N–H and O–H groups in total. The number of sulfone groups is 1. The van der Waals surface area contributed by atoms with Crippen LogP contribution in [0.15, 0.2) is 15.3 Å². The molecule has 0 unspecified atom stereocenters. The van der Waals surface area contributed by atoms with Gasteiger partial charge in [-0.2, -0.15) is 5.26 Å². The molecule has 0 bridgehead atoms. The van der Waals surface area contributed by atoms with Crippen LogP contribution in [0.1, 0.15) is 5.56 Å². The molecule has 2 heterocycles. The van der Waals surface area contributed by atoms with Crippen LogP contribution in [-0.4, -0.2) is 24.6 Å². The second-order valence-corrected chi connectivity index (χ2v) is 6.29. The Morgan fingerprint density at radius 2 is 2.25 bits per heavy atom. The second-order valence-electron chi connectivity index (χ2n) is 3.06. The molecule has 2 aromatic rings. The number of aromatic amines is 1. The number of fused-ring (bicyclic) bond motifs is 1. The minimum atomic E-state index is -3.52. The Labute approximate surface area is 94.1 Å². The minimum Gasteiger partial charge on any atom is -0.312 e. The molecule has 16 heavy (non-hydrogen) atoms. The van der Waals surface area contributed by atoms with Crippen molar-refractivity contribution in [2.75, 3.05) is 6.26 Å². The van der Waals surface area contributed by atoms with Crippen LogP contribution >= 0.6 is 11.3 Å². The number of aromatic nitrogens is 2. The lowest BCUT2D eigenvalue weighted by molar-refractivity contribution is 0.603. The Morgan fingerprint density at radius 1 is 1.56 bits per heavy atom. The largest absolute Gasteiger partial charge is 0.312 e. The monoisotopic (exact) mass is 255 g/mol. The van der Waals surface area contributed by atoms with Gasteiger partial charge in [0.25, 0.3) is 5.56 Å². The lowest BCUT2D eigenvalue weighted by atomic mass is 10.3. The zero-order chi connectivity index (χ0) is 11.9. The Kier molecular flexibility index (Phi) is 2.29. The van der Waals surface area contributed by atoms with E-state index < -0.39 is 15.4 Å².